The molecule has 0 aromatic carbocycles. The van der Waals surface area contributed by atoms with E-state index in [1.54, 1.807) is 19.1 Å². The molecule has 0 spiro atoms. The lowest BCUT2D eigenvalue weighted by molar-refractivity contribution is -0.154. The van der Waals surface area contributed by atoms with Crippen LogP contribution in [-0.2, 0) is 9.59 Å². The van der Waals surface area contributed by atoms with Gasteiger partial charge in [0.05, 0.1) is 18.2 Å². The topological polar surface area (TPSA) is 107 Å². The van der Waals surface area contributed by atoms with Crippen LogP contribution < -0.4 is 4.74 Å². The molecule has 9 nitrogen and oxygen atoms in total. The first-order chi connectivity index (χ1) is 13.0. The van der Waals surface area contributed by atoms with Crippen LogP contribution in [0.3, 0.4) is 0 Å². The monoisotopic (exact) mass is 371 g/mol. The number of nitriles is 1. The molecule has 2 saturated heterocycles. The fraction of sp³-hybridized carbons (Fsp3) is 0.500. The van der Waals surface area contributed by atoms with E-state index in [1.165, 1.54) is 16.0 Å². The third kappa shape index (κ3) is 4.00. The van der Waals surface area contributed by atoms with Crippen LogP contribution in [0, 0.1) is 11.3 Å². The number of likely N-dealkylation sites (N-methyl/N-ethyl adjacent to an activating group) is 1. The molecular formula is C18H21N5O4. The van der Waals surface area contributed by atoms with E-state index >= 15 is 0 Å². The van der Waals surface area contributed by atoms with Gasteiger partial charge < -0.3 is 14.5 Å². The summed E-state index contributed by atoms with van der Waals surface area (Å²) >= 11 is 0. The Bertz CT molecular complexity index is 790. The number of nitrogens with zero attached hydrogens (tertiary/aromatic N) is 5. The molecule has 0 unspecified atom stereocenters. The highest BCUT2D eigenvalue weighted by atomic mass is 16.5. The molecule has 2 aliphatic rings. The van der Waals surface area contributed by atoms with E-state index in [0.717, 1.165) is 11.3 Å². The van der Waals surface area contributed by atoms with Gasteiger partial charge in [-0.25, -0.2) is 9.78 Å². The summed E-state index contributed by atoms with van der Waals surface area (Å²) in [5.41, 5.74) is 0.446. The fourth-order valence-corrected chi connectivity index (χ4v) is 3.25. The number of hydrogen-bond donors (Lipinski definition) is 0. The molecule has 0 N–H and O–H groups in total. The summed E-state index contributed by atoms with van der Waals surface area (Å²) in [6.45, 7) is 3.59. The van der Waals surface area contributed by atoms with Crippen molar-refractivity contribution < 1.29 is 19.1 Å². The number of hydrogen-bond acceptors (Lipinski definition) is 6. The highest BCUT2D eigenvalue weighted by Gasteiger charge is 2.38. The van der Waals surface area contributed by atoms with Gasteiger partial charge in [0.25, 0.3) is 0 Å². The minimum Gasteiger partial charge on any atom is -0.472 e. The average molecular weight is 371 g/mol. The van der Waals surface area contributed by atoms with Gasteiger partial charge in [-0.1, -0.05) is 0 Å². The van der Waals surface area contributed by atoms with Crippen LogP contribution in [0.15, 0.2) is 18.3 Å². The summed E-state index contributed by atoms with van der Waals surface area (Å²) < 4.78 is 5.81. The zero-order valence-electron chi connectivity index (χ0n) is 15.1. The number of pyridine rings is 1. The van der Waals surface area contributed by atoms with Crippen molar-refractivity contribution in [3.05, 3.63) is 23.9 Å². The number of likely N-dealkylation sites (tertiary alicyclic amines) is 1. The Morgan fingerprint density at radius 1 is 1.33 bits per heavy atom. The standard InChI is InChI=1S/C18H21N5O4/c1-2-21-8-9-23(17(25)16(21)24)18(26)22-7-3-4-14(12-22)27-15-10-13(11-19)5-6-20-15/h5-6,10,14H,2-4,7-9,12H2,1H3/t14-/m0/s1. The smallest absolute Gasteiger partial charge is 0.327 e. The Morgan fingerprint density at radius 3 is 2.89 bits per heavy atom. The molecule has 0 aliphatic carbocycles. The Labute approximate surface area is 157 Å². The van der Waals surface area contributed by atoms with Crippen LogP contribution in [0.25, 0.3) is 0 Å². The zero-order valence-corrected chi connectivity index (χ0v) is 15.1. The molecule has 1 aromatic rings. The number of rotatable bonds is 3. The van der Waals surface area contributed by atoms with Crippen molar-refractivity contribution >= 4 is 17.8 Å². The largest absolute Gasteiger partial charge is 0.472 e. The molecule has 2 fully saturated rings. The summed E-state index contributed by atoms with van der Waals surface area (Å²) in [4.78, 5) is 45.1. The van der Waals surface area contributed by atoms with E-state index in [-0.39, 0.29) is 12.6 Å². The van der Waals surface area contributed by atoms with Gasteiger partial charge in [-0.15, -0.1) is 0 Å². The molecule has 2 aliphatic heterocycles. The van der Waals surface area contributed by atoms with Crippen molar-refractivity contribution in [3.63, 3.8) is 0 Å². The summed E-state index contributed by atoms with van der Waals surface area (Å²) in [6, 6.07) is 4.70. The summed E-state index contributed by atoms with van der Waals surface area (Å²) in [5, 5.41) is 8.96. The van der Waals surface area contributed by atoms with Crippen molar-refractivity contribution in [2.45, 2.75) is 25.9 Å². The lowest BCUT2D eigenvalue weighted by atomic mass is 10.1. The van der Waals surface area contributed by atoms with Gasteiger partial charge >= 0.3 is 17.8 Å². The molecule has 1 aromatic heterocycles. The molecule has 3 heterocycles. The summed E-state index contributed by atoms with van der Waals surface area (Å²) in [7, 11) is 0. The Balaban J connectivity index is 1.63. The lowest BCUT2D eigenvalue weighted by Gasteiger charge is -2.38. The molecule has 0 saturated carbocycles. The van der Waals surface area contributed by atoms with Crippen molar-refractivity contribution in [1.82, 2.24) is 19.7 Å². The van der Waals surface area contributed by atoms with E-state index in [4.69, 9.17) is 10.00 Å². The second-order valence-corrected chi connectivity index (χ2v) is 6.45. The Hall–Kier alpha value is -3.15. The highest BCUT2D eigenvalue weighted by Crippen LogP contribution is 2.19. The molecule has 0 radical (unpaired) electrons. The number of ether oxygens (including phenoxy) is 1. The predicted octanol–water partition coefficient (Wildman–Crippen LogP) is 0.607. The second kappa shape index (κ2) is 8.03. The minimum atomic E-state index is -0.778. The molecule has 4 amide bonds. The maximum Gasteiger partial charge on any atom is 0.327 e. The maximum absolute atomic E-state index is 12.7. The number of aromatic nitrogens is 1. The summed E-state index contributed by atoms with van der Waals surface area (Å²) in [6.07, 6.45) is 2.66. The zero-order chi connectivity index (χ0) is 19.4. The molecule has 142 valence electrons. The third-order valence-corrected chi connectivity index (χ3v) is 4.72. The number of amides is 4. The SMILES string of the molecule is CCN1CCN(C(=O)N2CCC[C@H](Oc3cc(C#N)ccn3)C2)C(=O)C1=O. The van der Waals surface area contributed by atoms with Crippen LogP contribution in [0.5, 0.6) is 5.88 Å². The quantitative estimate of drug-likeness (QED) is 0.721. The van der Waals surface area contributed by atoms with Gasteiger partial charge in [0, 0.05) is 38.4 Å². The molecule has 1 atom stereocenters. The molecule has 9 heteroatoms. The van der Waals surface area contributed by atoms with Gasteiger partial charge in [-0.3, -0.25) is 14.5 Å². The molecule has 0 bridgehead atoms. The van der Waals surface area contributed by atoms with E-state index in [9.17, 15) is 14.4 Å². The first kappa shape index (κ1) is 18.6. The number of urea groups is 1. The van der Waals surface area contributed by atoms with E-state index in [2.05, 4.69) is 4.98 Å². The second-order valence-electron chi connectivity index (χ2n) is 6.45. The van der Waals surface area contributed by atoms with Crippen molar-refractivity contribution in [2.24, 2.45) is 0 Å². The number of carbonyl (C=O) groups excluding carboxylic acids is 3. The lowest BCUT2D eigenvalue weighted by Crippen LogP contribution is -2.60. The van der Waals surface area contributed by atoms with Gasteiger partial charge in [0.1, 0.15) is 6.10 Å². The van der Waals surface area contributed by atoms with Crippen LogP contribution in [-0.4, -0.2) is 76.4 Å². The molecule has 27 heavy (non-hydrogen) atoms. The van der Waals surface area contributed by atoms with Crippen LogP contribution in [0.2, 0.25) is 0 Å². The van der Waals surface area contributed by atoms with Crippen molar-refractivity contribution in [3.8, 4) is 11.9 Å². The van der Waals surface area contributed by atoms with Gasteiger partial charge in [-0.2, -0.15) is 5.26 Å². The highest BCUT2D eigenvalue weighted by molar-refractivity contribution is 6.38. The van der Waals surface area contributed by atoms with Gasteiger partial charge in [-0.05, 0) is 25.8 Å². The maximum atomic E-state index is 12.7. The van der Waals surface area contributed by atoms with E-state index < -0.39 is 17.8 Å². The normalized spacial score (nSPS) is 20.4. The van der Waals surface area contributed by atoms with Gasteiger partial charge in [0.15, 0.2) is 0 Å². The van der Waals surface area contributed by atoms with E-state index in [1.807, 2.05) is 6.07 Å². The van der Waals surface area contributed by atoms with Crippen molar-refractivity contribution in [1.29, 1.82) is 5.26 Å². The third-order valence-electron chi connectivity index (χ3n) is 4.72. The number of carbonyl (C=O) groups is 3. The predicted molar refractivity (Wildman–Crippen MR) is 93.5 cm³/mol. The van der Waals surface area contributed by atoms with Crippen LogP contribution in [0.4, 0.5) is 4.79 Å². The molecule has 3 rings (SSSR count). The average Bonchev–Trinajstić information content (AvgIpc) is 2.70. The molecular weight excluding hydrogens is 350 g/mol. The Morgan fingerprint density at radius 2 is 2.15 bits per heavy atom. The Kier molecular flexibility index (Phi) is 5.54. The van der Waals surface area contributed by atoms with Crippen molar-refractivity contribution in [2.75, 3.05) is 32.7 Å². The summed E-state index contributed by atoms with van der Waals surface area (Å²) in [5.74, 6) is -1.09. The van der Waals surface area contributed by atoms with Crippen LogP contribution >= 0.6 is 0 Å². The van der Waals surface area contributed by atoms with E-state index in [0.29, 0.717) is 44.0 Å². The van der Waals surface area contributed by atoms with Crippen LogP contribution in [0.1, 0.15) is 25.3 Å². The first-order valence-electron chi connectivity index (χ1n) is 8.96. The first-order valence-corrected chi connectivity index (χ1v) is 8.96. The number of imide groups is 1. The fourth-order valence-electron chi connectivity index (χ4n) is 3.25. The number of piperazine rings is 1. The minimum absolute atomic E-state index is 0.199. The van der Waals surface area contributed by atoms with Gasteiger partial charge in [0.2, 0.25) is 5.88 Å². The number of piperidine rings is 1.